The summed E-state index contributed by atoms with van der Waals surface area (Å²) in [6.45, 7) is 2.08. The SMILES string of the molecule is CC(Cc1cccc(F)c1)N[C@H](CO)c1ccccc1. The molecule has 20 heavy (non-hydrogen) atoms. The normalized spacial score (nSPS) is 13.9. The molecule has 2 aromatic carbocycles. The largest absolute Gasteiger partial charge is 0.394 e. The van der Waals surface area contributed by atoms with Gasteiger partial charge in [-0.05, 0) is 36.6 Å². The van der Waals surface area contributed by atoms with E-state index in [1.54, 1.807) is 12.1 Å². The van der Waals surface area contributed by atoms with Gasteiger partial charge in [-0.25, -0.2) is 4.39 Å². The molecule has 0 aromatic heterocycles. The molecular formula is C17H20FNO. The molecule has 0 radical (unpaired) electrons. The summed E-state index contributed by atoms with van der Waals surface area (Å²) >= 11 is 0. The fourth-order valence-electron chi connectivity index (χ4n) is 2.36. The van der Waals surface area contributed by atoms with Crippen LogP contribution in [0.3, 0.4) is 0 Å². The van der Waals surface area contributed by atoms with Crippen molar-refractivity contribution in [1.82, 2.24) is 5.32 Å². The second kappa shape index (κ2) is 7.17. The van der Waals surface area contributed by atoms with Crippen LogP contribution in [-0.4, -0.2) is 17.8 Å². The third-order valence-electron chi connectivity index (χ3n) is 3.30. The summed E-state index contributed by atoms with van der Waals surface area (Å²) in [7, 11) is 0. The molecule has 0 aliphatic carbocycles. The first kappa shape index (κ1) is 14.7. The first-order valence-corrected chi connectivity index (χ1v) is 6.85. The van der Waals surface area contributed by atoms with Gasteiger partial charge in [0.05, 0.1) is 12.6 Å². The Kier molecular flexibility index (Phi) is 5.27. The maximum atomic E-state index is 13.2. The number of benzene rings is 2. The summed E-state index contributed by atoms with van der Waals surface area (Å²) in [5.41, 5.74) is 2.01. The Morgan fingerprint density at radius 3 is 2.50 bits per heavy atom. The highest BCUT2D eigenvalue weighted by atomic mass is 19.1. The average molecular weight is 273 g/mol. The van der Waals surface area contributed by atoms with Crippen LogP contribution in [0.25, 0.3) is 0 Å². The lowest BCUT2D eigenvalue weighted by Crippen LogP contribution is -2.34. The predicted molar refractivity (Wildman–Crippen MR) is 79.0 cm³/mol. The van der Waals surface area contributed by atoms with E-state index in [1.807, 2.05) is 43.3 Å². The third-order valence-corrected chi connectivity index (χ3v) is 3.30. The van der Waals surface area contributed by atoms with Crippen molar-refractivity contribution < 1.29 is 9.50 Å². The molecule has 106 valence electrons. The van der Waals surface area contributed by atoms with Gasteiger partial charge >= 0.3 is 0 Å². The highest BCUT2D eigenvalue weighted by molar-refractivity contribution is 5.20. The predicted octanol–water partition coefficient (Wildman–Crippen LogP) is 3.08. The first-order chi connectivity index (χ1) is 9.69. The fourth-order valence-corrected chi connectivity index (χ4v) is 2.36. The van der Waals surface area contributed by atoms with E-state index in [1.165, 1.54) is 6.07 Å². The Morgan fingerprint density at radius 2 is 1.85 bits per heavy atom. The molecule has 2 N–H and O–H groups in total. The van der Waals surface area contributed by atoms with Gasteiger partial charge in [0.2, 0.25) is 0 Å². The Morgan fingerprint density at radius 1 is 1.10 bits per heavy atom. The lowest BCUT2D eigenvalue weighted by atomic mass is 10.0. The smallest absolute Gasteiger partial charge is 0.123 e. The molecular weight excluding hydrogens is 253 g/mol. The molecule has 0 fully saturated rings. The quantitative estimate of drug-likeness (QED) is 0.847. The molecule has 3 heteroatoms. The lowest BCUT2D eigenvalue weighted by Gasteiger charge is -2.22. The number of halogens is 1. The summed E-state index contributed by atoms with van der Waals surface area (Å²) in [6.07, 6.45) is 0.723. The lowest BCUT2D eigenvalue weighted by molar-refractivity contribution is 0.234. The molecule has 1 unspecified atom stereocenters. The molecule has 0 spiro atoms. The van der Waals surface area contributed by atoms with Crippen LogP contribution in [0.4, 0.5) is 4.39 Å². The fraction of sp³-hybridized carbons (Fsp3) is 0.294. The van der Waals surface area contributed by atoms with Gasteiger partial charge in [0.1, 0.15) is 5.82 Å². The van der Waals surface area contributed by atoms with Crippen LogP contribution in [0.1, 0.15) is 24.1 Å². The van der Waals surface area contributed by atoms with E-state index < -0.39 is 0 Å². The third kappa shape index (κ3) is 4.15. The van der Waals surface area contributed by atoms with Gasteiger partial charge in [-0.3, -0.25) is 0 Å². The number of aliphatic hydroxyl groups excluding tert-OH is 1. The Labute approximate surface area is 119 Å². The average Bonchev–Trinajstić information content (AvgIpc) is 2.45. The van der Waals surface area contributed by atoms with Crippen LogP contribution in [0.15, 0.2) is 54.6 Å². The monoisotopic (exact) mass is 273 g/mol. The van der Waals surface area contributed by atoms with Gasteiger partial charge in [0, 0.05) is 6.04 Å². The van der Waals surface area contributed by atoms with Crippen LogP contribution < -0.4 is 5.32 Å². The zero-order chi connectivity index (χ0) is 14.4. The second-order valence-electron chi connectivity index (χ2n) is 5.05. The number of hydrogen-bond donors (Lipinski definition) is 2. The number of nitrogens with one attached hydrogen (secondary N) is 1. The van der Waals surface area contributed by atoms with Crippen molar-refractivity contribution in [3.63, 3.8) is 0 Å². The van der Waals surface area contributed by atoms with Crippen molar-refractivity contribution in [1.29, 1.82) is 0 Å². The molecule has 2 atom stereocenters. The molecule has 2 nitrogen and oxygen atoms in total. The van der Waals surface area contributed by atoms with Crippen LogP contribution in [0.2, 0.25) is 0 Å². The van der Waals surface area contributed by atoms with Crippen LogP contribution >= 0.6 is 0 Å². The maximum absolute atomic E-state index is 13.2. The maximum Gasteiger partial charge on any atom is 0.123 e. The zero-order valence-electron chi connectivity index (χ0n) is 11.6. The number of aliphatic hydroxyl groups is 1. The second-order valence-corrected chi connectivity index (χ2v) is 5.05. The molecule has 2 aromatic rings. The van der Waals surface area contributed by atoms with Crippen molar-refractivity contribution in [3.05, 3.63) is 71.5 Å². The van der Waals surface area contributed by atoms with E-state index in [2.05, 4.69) is 5.32 Å². The minimum Gasteiger partial charge on any atom is -0.394 e. The Hall–Kier alpha value is -1.71. The topological polar surface area (TPSA) is 32.3 Å². The van der Waals surface area contributed by atoms with E-state index >= 15 is 0 Å². The summed E-state index contributed by atoms with van der Waals surface area (Å²) in [5.74, 6) is -0.212. The highest BCUT2D eigenvalue weighted by Crippen LogP contribution is 2.14. The minimum absolute atomic E-state index is 0.0392. The van der Waals surface area contributed by atoms with Crippen LogP contribution in [-0.2, 0) is 6.42 Å². The van der Waals surface area contributed by atoms with Gasteiger partial charge in [-0.1, -0.05) is 42.5 Å². The van der Waals surface area contributed by atoms with Crippen molar-refractivity contribution in [2.45, 2.75) is 25.4 Å². The molecule has 0 saturated carbocycles. The molecule has 2 rings (SSSR count). The van der Waals surface area contributed by atoms with E-state index in [-0.39, 0.29) is 24.5 Å². The van der Waals surface area contributed by atoms with Gasteiger partial charge in [-0.2, -0.15) is 0 Å². The van der Waals surface area contributed by atoms with Crippen LogP contribution in [0, 0.1) is 5.82 Å². The number of hydrogen-bond acceptors (Lipinski definition) is 2. The number of rotatable bonds is 6. The van der Waals surface area contributed by atoms with Gasteiger partial charge in [0.15, 0.2) is 0 Å². The molecule has 0 aliphatic heterocycles. The summed E-state index contributed by atoms with van der Waals surface area (Å²) < 4.78 is 13.2. The van der Waals surface area contributed by atoms with Crippen molar-refractivity contribution in [2.75, 3.05) is 6.61 Å². The van der Waals surface area contributed by atoms with E-state index in [0.29, 0.717) is 0 Å². The first-order valence-electron chi connectivity index (χ1n) is 6.85. The molecule has 0 aliphatic rings. The Bertz CT molecular complexity index is 530. The van der Waals surface area contributed by atoms with Crippen molar-refractivity contribution in [2.24, 2.45) is 0 Å². The summed E-state index contributed by atoms with van der Waals surface area (Å²) in [6, 6.07) is 16.5. The summed E-state index contributed by atoms with van der Waals surface area (Å²) in [4.78, 5) is 0. The molecule has 0 heterocycles. The molecule has 0 saturated heterocycles. The van der Waals surface area contributed by atoms with E-state index in [0.717, 1.165) is 17.5 Å². The van der Waals surface area contributed by atoms with E-state index in [4.69, 9.17) is 0 Å². The summed E-state index contributed by atoms with van der Waals surface area (Å²) in [5, 5.41) is 12.9. The highest BCUT2D eigenvalue weighted by Gasteiger charge is 2.13. The van der Waals surface area contributed by atoms with Crippen molar-refractivity contribution in [3.8, 4) is 0 Å². The minimum atomic E-state index is -0.212. The Balaban J connectivity index is 1.97. The van der Waals surface area contributed by atoms with Crippen LogP contribution in [0.5, 0.6) is 0 Å². The zero-order valence-corrected chi connectivity index (χ0v) is 11.6. The standard InChI is InChI=1S/C17H20FNO/c1-13(10-14-6-5-9-16(18)11-14)19-17(12-20)15-7-3-2-4-8-15/h2-9,11,13,17,19-20H,10,12H2,1H3/t13?,17-/m1/s1. The van der Waals surface area contributed by atoms with E-state index in [9.17, 15) is 9.50 Å². The molecule has 0 amide bonds. The van der Waals surface area contributed by atoms with Gasteiger partial charge in [-0.15, -0.1) is 0 Å². The molecule has 0 bridgehead atoms. The van der Waals surface area contributed by atoms with Gasteiger partial charge < -0.3 is 10.4 Å². The van der Waals surface area contributed by atoms with Gasteiger partial charge in [0.25, 0.3) is 0 Å². The van der Waals surface area contributed by atoms with Crippen molar-refractivity contribution >= 4 is 0 Å².